The number of urea groups is 1. The van der Waals surface area contributed by atoms with Crippen molar-refractivity contribution in [2.75, 3.05) is 48.8 Å². The third-order valence-electron chi connectivity index (χ3n) is 5.93. The monoisotopic (exact) mass is 422 g/mol. The molecule has 0 aromatic heterocycles. The van der Waals surface area contributed by atoms with Gasteiger partial charge in [-0.15, -0.1) is 0 Å². The Bertz CT molecular complexity index is 934. The minimum Gasteiger partial charge on any atom is -0.495 e. The van der Waals surface area contributed by atoms with Crippen LogP contribution in [0.2, 0.25) is 0 Å². The molecule has 7 nitrogen and oxygen atoms in total. The average Bonchev–Trinajstić information content (AvgIpc) is 3.34. The number of benzene rings is 2. The third kappa shape index (κ3) is 4.93. The topological polar surface area (TPSA) is 73.9 Å². The van der Waals surface area contributed by atoms with Crippen LogP contribution >= 0.6 is 0 Å². The molecule has 4 rings (SSSR count). The van der Waals surface area contributed by atoms with Crippen LogP contribution in [0.25, 0.3) is 0 Å². The number of piperidine rings is 1. The number of hydrogen-bond donors (Lipinski definition) is 2. The normalized spacial score (nSPS) is 16.2. The number of ether oxygens (including phenoxy) is 1. The lowest BCUT2D eigenvalue weighted by atomic mass is 10.1. The second kappa shape index (κ2) is 9.73. The molecule has 2 heterocycles. The van der Waals surface area contributed by atoms with E-state index in [1.165, 1.54) is 6.42 Å². The molecule has 0 aliphatic carbocycles. The van der Waals surface area contributed by atoms with Crippen molar-refractivity contribution in [2.24, 2.45) is 0 Å². The molecule has 2 fully saturated rings. The first-order chi connectivity index (χ1) is 15.2. The Morgan fingerprint density at radius 2 is 1.58 bits per heavy atom. The zero-order valence-electron chi connectivity index (χ0n) is 18.0. The van der Waals surface area contributed by atoms with Crippen molar-refractivity contribution in [3.63, 3.8) is 0 Å². The SMILES string of the molecule is COc1ccccc1NC(=O)Nc1ccc(N2CCCC2)c(C(=O)N2CCCCC2)c1. The van der Waals surface area contributed by atoms with Crippen LogP contribution in [-0.2, 0) is 0 Å². The number of carbonyl (C=O) groups excluding carboxylic acids is 2. The minimum absolute atomic E-state index is 0.0513. The Morgan fingerprint density at radius 1 is 0.871 bits per heavy atom. The molecule has 2 saturated heterocycles. The highest BCUT2D eigenvalue weighted by Gasteiger charge is 2.25. The van der Waals surface area contributed by atoms with Crippen LogP contribution in [0.1, 0.15) is 42.5 Å². The van der Waals surface area contributed by atoms with Gasteiger partial charge in [-0.3, -0.25) is 4.79 Å². The molecule has 0 atom stereocenters. The molecule has 0 bridgehead atoms. The number of nitrogens with zero attached hydrogens (tertiary/aromatic N) is 2. The summed E-state index contributed by atoms with van der Waals surface area (Å²) in [4.78, 5) is 30.1. The molecule has 2 aliphatic heterocycles. The van der Waals surface area contributed by atoms with Gasteiger partial charge in [0, 0.05) is 37.6 Å². The molecule has 3 amide bonds. The maximum atomic E-state index is 13.3. The standard InChI is InChI=1S/C24H30N4O3/c1-31-22-10-4-3-9-20(22)26-24(30)25-18-11-12-21(27-13-7-8-14-27)19(17-18)23(29)28-15-5-2-6-16-28/h3-4,9-12,17H,2,5-8,13-16H2,1H3,(H2,25,26,30). The Kier molecular flexibility index (Phi) is 6.60. The van der Waals surface area contributed by atoms with E-state index in [4.69, 9.17) is 4.74 Å². The van der Waals surface area contributed by atoms with Gasteiger partial charge in [-0.1, -0.05) is 12.1 Å². The molecule has 31 heavy (non-hydrogen) atoms. The lowest BCUT2D eigenvalue weighted by Gasteiger charge is -2.29. The molecule has 0 saturated carbocycles. The fourth-order valence-corrected chi connectivity index (χ4v) is 4.32. The highest BCUT2D eigenvalue weighted by Crippen LogP contribution is 2.30. The van der Waals surface area contributed by atoms with E-state index in [2.05, 4.69) is 15.5 Å². The lowest BCUT2D eigenvalue weighted by molar-refractivity contribution is 0.0725. The molecule has 2 aliphatic rings. The number of amides is 3. The van der Waals surface area contributed by atoms with Crippen LogP contribution in [0.5, 0.6) is 5.75 Å². The van der Waals surface area contributed by atoms with Gasteiger partial charge in [0.15, 0.2) is 0 Å². The summed E-state index contributed by atoms with van der Waals surface area (Å²) in [6.45, 7) is 3.51. The molecule has 2 N–H and O–H groups in total. The first-order valence-electron chi connectivity index (χ1n) is 11.0. The fourth-order valence-electron chi connectivity index (χ4n) is 4.32. The van der Waals surface area contributed by atoms with Gasteiger partial charge in [0.1, 0.15) is 5.75 Å². The number of carbonyl (C=O) groups is 2. The van der Waals surface area contributed by atoms with Gasteiger partial charge < -0.3 is 25.2 Å². The Hall–Kier alpha value is -3.22. The zero-order chi connectivity index (χ0) is 21.6. The second-order valence-electron chi connectivity index (χ2n) is 8.06. The Labute approximate surface area is 183 Å². The summed E-state index contributed by atoms with van der Waals surface area (Å²) in [6, 6.07) is 12.5. The number of anilines is 3. The van der Waals surface area contributed by atoms with E-state index in [1.807, 2.05) is 35.2 Å². The van der Waals surface area contributed by atoms with Gasteiger partial charge >= 0.3 is 6.03 Å². The first kappa shape index (κ1) is 21.0. The first-order valence-corrected chi connectivity index (χ1v) is 11.0. The van der Waals surface area contributed by atoms with Crippen LogP contribution in [0.3, 0.4) is 0 Å². The van der Waals surface area contributed by atoms with Gasteiger partial charge in [0.05, 0.1) is 18.4 Å². The van der Waals surface area contributed by atoms with Crippen molar-refractivity contribution in [2.45, 2.75) is 32.1 Å². The van der Waals surface area contributed by atoms with E-state index in [-0.39, 0.29) is 11.9 Å². The van der Waals surface area contributed by atoms with E-state index in [1.54, 1.807) is 19.2 Å². The number of hydrogen-bond acceptors (Lipinski definition) is 4. The molecule has 0 radical (unpaired) electrons. The summed E-state index contributed by atoms with van der Waals surface area (Å²) in [5.41, 5.74) is 2.80. The van der Waals surface area contributed by atoms with Crippen LogP contribution in [0.15, 0.2) is 42.5 Å². The van der Waals surface area contributed by atoms with E-state index in [9.17, 15) is 9.59 Å². The van der Waals surface area contributed by atoms with Crippen molar-refractivity contribution in [1.82, 2.24) is 4.90 Å². The largest absolute Gasteiger partial charge is 0.495 e. The molecular weight excluding hydrogens is 392 g/mol. The van der Waals surface area contributed by atoms with Gasteiger partial charge in [0.2, 0.25) is 0 Å². The Balaban J connectivity index is 1.55. The predicted molar refractivity (Wildman–Crippen MR) is 123 cm³/mol. The van der Waals surface area contributed by atoms with Crippen LogP contribution in [-0.4, -0.2) is 50.1 Å². The summed E-state index contributed by atoms with van der Waals surface area (Å²) in [7, 11) is 1.56. The molecule has 164 valence electrons. The van der Waals surface area contributed by atoms with E-state index < -0.39 is 0 Å². The van der Waals surface area contributed by atoms with Crippen molar-refractivity contribution in [3.05, 3.63) is 48.0 Å². The second-order valence-corrected chi connectivity index (χ2v) is 8.06. The lowest BCUT2D eigenvalue weighted by Crippen LogP contribution is -2.36. The zero-order valence-corrected chi connectivity index (χ0v) is 18.0. The molecule has 2 aromatic rings. The number of nitrogens with one attached hydrogen (secondary N) is 2. The molecule has 7 heteroatoms. The van der Waals surface area contributed by atoms with Crippen molar-refractivity contribution >= 4 is 29.0 Å². The quantitative estimate of drug-likeness (QED) is 0.741. The fraction of sp³-hybridized carbons (Fsp3) is 0.417. The van der Waals surface area contributed by atoms with Gasteiger partial charge in [-0.2, -0.15) is 0 Å². The summed E-state index contributed by atoms with van der Waals surface area (Å²) < 4.78 is 5.29. The predicted octanol–water partition coefficient (Wildman–Crippen LogP) is 4.57. The van der Waals surface area contributed by atoms with Gasteiger partial charge in [-0.05, 0) is 62.4 Å². The summed E-state index contributed by atoms with van der Waals surface area (Å²) in [6.07, 6.45) is 5.54. The molecular formula is C24H30N4O3. The van der Waals surface area contributed by atoms with Gasteiger partial charge in [-0.25, -0.2) is 4.79 Å². The van der Waals surface area contributed by atoms with Crippen molar-refractivity contribution in [1.29, 1.82) is 0 Å². The molecule has 0 unspecified atom stereocenters. The number of para-hydroxylation sites is 2. The number of likely N-dealkylation sites (tertiary alicyclic amines) is 1. The molecule has 2 aromatic carbocycles. The van der Waals surface area contributed by atoms with E-state index >= 15 is 0 Å². The van der Waals surface area contributed by atoms with Crippen molar-refractivity contribution < 1.29 is 14.3 Å². The van der Waals surface area contributed by atoms with Crippen LogP contribution in [0, 0.1) is 0 Å². The van der Waals surface area contributed by atoms with E-state index in [0.29, 0.717) is 22.7 Å². The highest BCUT2D eigenvalue weighted by molar-refractivity contribution is 6.04. The smallest absolute Gasteiger partial charge is 0.323 e. The van der Waals surface area contributed by atoms with Crippen molar-refractivity contribution in [3.8, 4) is 5.75 Å². The maximum Gasteiger partial charge on any atom is 0.323 e. The van der Waals surface area contributed by atoms with Crippen LogP contribution in [0.4, 0.5) is 21.9 Å². The minimum atomic E-state index is -0.380. The summed E-state index contributed by atoms with van der Waals surface area (Å²) in [5.74, 6) is 0.637. The van der Waals surface area contributed by atoms with E-state index in [0.717, 1.165) is 57.5 Å². The van der Waals surface area contributed by atoms with Gasteiger partial charge in [0.25, 0.3) is 5.91 Å². The van der Waals surface area contributed by atoms with Crippen LogP contribution < -0.4 is 20.3 Å². The number of rotatable bonds is 5. The maximum absolute atomic E-state index is 13.3. The summed E-state index contributed by atoms with van der Waals surface area (Å²) >= 11 is 0. The molecule has 0 spiro atoms. The Morgan fingerprint density at radius 3 is 2.32 bits per heavy atom. The summed E-state index contributed by atoms with van der Waals surface area (Å²) in [5, 5.41) is 5.67. The third-order valence-corrected chi connectivity index (χ3v) is 5.93. The highest BCUT2D eigenvalue weighted by atomic mass is 16.5. The number of methoxy groups -OCH3 is 1. The average molecular weight is 423 g/mol.